The van der Waals surface area contributed by atoms with Crippen LogP contribution < -0.4 is 5.32 Å². The zero-order chi connectivity index (χ0) is 20.6. The summed E-state index contributed by atoms with van der Waals surface area (Å²) in [6.07, 6.45) is -1.95. The summed E-state index contributed by atoms with van der Waals surface area (Å²) in [6, 6.07) is 0.0881. The van der Waals surface area contributed by atoms with Crippen molar-refractivity contribution in [3.8, 4) is 17.1 Å². The molecule has 0 aliphatic carbocycles. The van der Waals surface area contributed by atoms with Gasteiger partial charge in [-0.1, -0.05) is 11.6 Å². The zero-order valence-corrected chi connectivity index (χ0v) is 14.7. The summed E-state index contributed by atoms with van der Waals surface area (Å²) < 4.78 is 81.8. The molecule has 0 fully saturated rings. The molecule has 12 heteroatoms. The number of hydrogen-bond donors (Lipinski definition) is 1. The quantitative estimate of drug-likeness (QED) is 0.487. The fraction of sp³-hybridized carbons (Fsp3) is 0.188. The highest BCUT2D eigenvalue weighted by Crippen LogP contribution is 2.38. The van der Waals surface area contributed by atoms with Crippen LogP contribution in [-0.4, -0.2) is 32.0 Å². The second-order valence-electron chi connectivity index (χ2n) is 5.64. The lowest BCUT2D eigenvalue weighted by atomic mass is 10.1. The van der Waals surface area contributed by atoms with Crippen LogP contribution in [0.3, 0.4) is 0 Å². The van der Waals surface area contributed by atoms with E-state index in [1.54, 1.807) is 0 Å². The molecule has 2 aromatic heterocycles. The first-order chi connectivity index (χ1) is 13.1. The highest BCUT2D eigenvalue weighted by atomic mass is 35.5. The number of nitrogens with zero attached hydrogens (tertiary/aromatic N) is 4. The summed E-state index contributed by atoms with van der Waals surface area (Å²) in [5, 5.41) is 5.31. The molecule has 0 aliphatic rings. The van der Waals surface area contributed by atoms with Crippen LogP contribution >= 0.6 is 11.6 Å². The summed E-state index contributed by atoms with van der Waals surface area (Å²) in [5.41, 5.74) is -1.45. The van der Waals surface area contributed by atoms with Gasteiger partial charge in [0.2, 0.25) is 0 Å². The predicted molar refractivity (Wildman–Crippen MR) is 88.6 cm³/mol. The van der Waals surface area contributed by atoms with Gasteiger partial charge in [-0.15, -0.1) is 0 Å². The second kappa shape index (κ2) is 7.30. The Morgan fingerprint density at radius 2 is 1.71 bits per heavy atom. The van der Waals surface area contributed by atoms with Crippen LogP contribution in [0.1, 0.15) is 6.92 Å². The van der Waals surface area contributed by atoms with Crippen molar-refractivity contribution in [1.29, 1.82) is 0 Å². The average molecular weight is 422 g/mol. The molecule has 1 aromatic carbocycles. The summed E-state index contributed by atoms with van der Waals surface area (Å²) in [7, 11) is 0. The molecule has 148 valence electrons. The number of benzene rings is 1. The van der Waals surface area contributed by atoms with Crippen LogP contribution in [0.2, 0.25) is 5.15 Å². The maximum absolute atomic E-state index is 14.2. The van der Waals surface area contributed by atoms with E-state index in [4.69, 9.17) is 11.6 Å². The summed E-state index contributed by atoms with van der Waals surface area (Å²) in [6.45, 7) is 0.782. The van der Waals surface area contributed by atoms with Gasteiger partial charge in [0.25, 0.3) is 5.95 Å². The van der Waals surface area contributed by atoms with Gasteiger partial charge in [0.05, 0.1) is 11.1 Å². The van der Waals surface area contributed by atoms with E-state index < -0.39 is 51.8 Å². The number of hydrogen-bond acceptors (Lipinski definition) is 4. The summed E-state index contributed by atoms with van der Waals surface area (Å²) in [4.78, 5) is 7.71. The first-order valence-electron chi connectivity index (χ1n) is 7.63. The van der Waals surface area contributed by atoms with E-state index in [9.17, 15) is 26.3 Å². The zero-order valence-electron chi connectivity index (χ0n) is 13.9. The van der Waals surface area contributed by atoms with E-state index in [0.717, 1.165) is 11.6 Å². The molecule has 5 nitrogen and oxygen atoms in total. The fourth-order valence-corrected chi connectivity index (χ4v) is 2.57. The van der Waals surface area contributed by atoms with E-state index in [2.05, 4.69) is 15.1 Å². The molecule has 0 radical (unpaired) electrons. The van der Waals surface area contributed by atoms with Crippen LogP contribution in [0.4, 0.5) is 32.2 Å². The van der Waals surface area contributed by atoms with Crippen LogP contribution in [-0.2, 0) is 0 Å². The Kier molecular flexibility index (Phi) is 5.20. The number of aromatic nitrogens is 4. The Hall–Kier alpha value is -2.82. The maximum atomic E-state index is 14.2. The van der Waals surface area contributed by atoms with Crippen molar-refractivity contribution in [2.45, 2.75) is 19.1 Å². The molecule has 0 spiro atoms. The molecule has 2 heterocycles. The SMILES string of the molecule is C[C@H](Nc1nc(-n2cccn2)nc(Cl)c1-c1c(F)cc(F)cc1F)C(F)(F)F. The van der Waals surface area contributed by atoms with Gasteiger partial charge in [-0.3, -0.25) is 0 Å². The van der Waals surface area contributed by atoms with E-state index in [0.29, 0.717) is 12.1 Å². The molecular weight excluding hydrogens is 412 g/mol. The minimum absolute atomic E-state index is 0.237. The molecule has 0 saturated carbocycles. The van der Waals surface area contributed by atoms with Crippen LogP contribution in [0.25, 0.3) is 17.1 Å². The molecule has 0 aliphatic heterocycles. The van der Waals surface area contributed by atoms with Gasteiger partial charge >= 0.3 is 6.18 Å². The molecule has 1 atom stereocenters. The van der Waals surface area contributed by atoms with Crippen molar-refractivity contribution in [2.24, 2.45) is 0 Å². The molecule has 0 bridgehead atoms. The predicted octanol–water partition coefficient (Wildman–Crippen LogP) is 4.76. The van der Waals surface area contributed by atoms with Crippen LogP contribution in [0.15, 0.2) is 30.6 Å². The number of halogens is 7. The van der Waals surface area contributed by atoms with Gasteiger partial charge < -0.3 is 5.32 Å². The van der Waals surface area contributed by atoms with Crippen molar-refractivity contribution in [2.75, 3.05) is 5.32 Å². The lowest BCUT2D eigenvalue weighted by Gasteiger charge is -2.21. The standard InChI is InChI=1S/C16H10ClF6N5/c1-7(16(21,22)23)25-14-12(11-9(19)5-8(18)6-10(11)20)13(17)26-15(27-14)28-4-2-3-24-28/h2-7H,1H3,(H,25,26,27)/t7-/m0/s1. The Bertz CT molecular complexity index is 982. The summed E-state index contributed by atoms with van der Waals surface area (Å²) >= 11 is 6.03. The second-order valence-corrected chi connectivity index (χ2v) is 6.00. The molecule has 3 rings (SSSR count). The van der Waals surface area contributed by atoms with Crippen molar-refractivity contribution in [1.82, 2.24) is 19.7 Å². The number of rotatable bonds is 4. The van der Waals surface area contributed by atoms with Gasteiger partial charge in [-0.25, -0.2) is 17.9 Å². The third-order valence-corrected chi connectivity index (χ3v) is 3.94. The topological polar surface area (TPSA) is 55.6 Å². The third kappa shape index (κ3) is 3.88. The minimum Gasteiger partial charge on any atom is -0.358 e. The highest BCUT2D eigenvalue weighted by Gasteiger charge is 2.37. The van der Waals surface area contributed by atoms with Crippen molar-refractivity contribution < 1.29 is 26.3 Å². The lowest BCUT2D eigenvalue weighted by Crippen LogP contribution is -2.34. The molecule has 0 unspecified atom stereocenters. The smallest absolute Gasteiger partial charge is 0.358 e. The minimum atomic E-state index is -4.69. The van der Waals surface area contributed by atoms with Crippen LogP contribution in [0, 0.1) is 17.5 Å². The van der Waals surface area contributed by atoms with Crippen molar-refractivity contribution >= 4 is 17.4 Å². The first kappa shape index (κ1) is 19.9. The van der Waals surface area contributed by atoms with Crippen molar-refractivity contribution in [3.05, 3.63) is 53.2 Å². The maximum Gasteiger partial charge on any atom is 0.408 e. The van der Waals surface area contributed by atoms with E-state index in [1.165, 1.54) is 18.5 Å². The summed E-state index contributed by atoms with van der Waals surface area (Å²) in [5.74, 6) is -4.80. The normalized spacial score (nSPS) is 12.9. The fourth-order valence-electron chi connectivity index (χ4n) is 2.31. The number of alkyl halides is 3. The average Bonchev–Trinajstić information content (AvgIpc) is 3.09. The molecule has 28 heavy (non-hydrogen) atoms. The molecule has 0 amide bonds. The third-order valence-electron chi connectivity index (χ3n) is 3.66. The van der Waals surface area contributed by atoms with E-state index in [-0.39, 0.29) is 5.95 Å². The van der Waals surface area contributed by atoms with E-state index >= 15 is 0 Å². The number of anilines is 1. The first-order valence-corrected chi connectivity index (χ1v) is 8.01. The van der Waals surface area contributed by atoms with Gasteiger partial charge in [-0.2, -0.15) is 28.2 Å². The van der Waals surface area contributed by atoms with E-state index in [1.807, 2.05) is 5.32 Å². The largest absolute Gasteiger partial charge is 0.408 e. The lowest BCUT2D eigenvalue weighted by molar-refractivity contribution is -0.138. The van der Waals surface area contributed by atoms with Crippen LogP contribution in [0.5, 0.6) is 0 Å². The number of nitrogens with one attached hydrogen (secondary N) is 1. The van der Waals surface area contributed by atoms with Crippen molar-refractivity contribution in [3.63, 3.8) is 0 Å². The monoisotopic (exact) mass is 421 g/mol. The highest BCUT2D eigenvalue weighted by molar-refractivity contribution is 6.32. The van der Waals surface area contributed by atoms with Gasteiger partial charge in [0.15, 0.2) is 0 Å². The molecule has 1 N–H and O–H groups in total. The van der Waals surface area contributed by atoms with Gasteiger partial charge in [0.1, 0.15) is 34.5 Å². The Morgan fingerprint density at radius 3 is 2.25 bits per heavy atom. The Morgan fingerprint density at radius 1 is 1.07 bits per heavy atom. The Labute approximate surface area is 159 Å². The van der Waals surface area contributed by atoms with Gasteiger partial charge in [0, 0.05) is 24.5 Å². The molecule has 0 saturated heterocycles. The molecule has 3 aromatic rings. The molecular formula is C16H10ClF6N5. The van der Waals surface area contributed by atoms with Gasteiger partial charge in [-0.05, 0) is 13.0 Å². The Balaban J connectivity index is 2.24.